The minimum Gasteiger partial charge on any atom is -0.393 e. The molecule has 0 aliphatic carbocycles. The van der Waals surface area contributed by atoms with Gasteiger partial charge in [-0.15, -0.1) is 0 Å². The molecule has 0 spiro atoms. The zero-order chi connectivity index (χ0) is 20.9. The highest BCUT2D eigenvalue weighted by molar-refractivity contribution is 4.85. The summed E-state index contributed by atoms with van der Waals surface area (Å²) in [6, 6.07) is 0. The lowest BCUT2D eigenvalue weighted by Crippen LogP contribution is -2.40. The number of nitrogens with zero attached hydrogens (tertiary/aromatic N) is 2. The Balaban J connectivity index is 4.09. The van der Waals surface area contributed by atoms with Gasteiger partial charge in [0.15, 0.2) is 12.4 Å². The smallest absolute Gasteiger partial charge is 0.178 e. The number of nitriles is 2. The van der Waals surface area contributed by atoms with Crippen LogP contribution in [0.2, 0.25) is 0 Å². The first-order chi connectivity index (χ1) is 12.5. The summed E-state index contributed by atoms with van der Waals surface area (Å²) in [5.74, 6) is 0. The molecule has 0 saturated heterocycles. The quantitative estimate of drug-likeness (QED) is 0.195. The Morgan fingerprint density at radius 1 is 0.815 bits per heavy atom. The van der Waals surface area contributed by atoms with Crippen molar-refractivity contribution in [1.82, 2.24) is 10.6 Å². The van der Waals surface area contributed by atoms with Gasteiger partial charge in [-0.2, -0.15) is 10.5 Å². The van der Waals surface area contributed by atoms with Crippen molar-refractivity contribution in [3.8, 4) is 12.4 Å². The van der Waals surface area contributed by atoms with Crippen LogP contribution in [0.3, 0.4) is 0 Å². The summed E-state index contributed by atoms with van der Waals surface area (Å²) in [5.41, 5.74) is 0.176. The third kappa shape index (κ3) is 13.3. The summed E-state index contributed by atoms with van der Waals surface area (Å²) < 4.78 is 0. The second kappa shape index (κ2) is 12.8. The molecule has 0 saturated carbocycles. The van der Waals surface area contributed by atoms with Gasteiger partial charge in [0, 0.05) is 0 Å². The number of aliphatic hydroxyl groups excluding tert-OH is 2. The molecule has 0 rings (SSSR count). The van der Waals surface area contributed by atoms with Gasteiger partial charge in [0.25, 0.3) is 0 Å². The normalized spacial score (nSPS) is 14.3. The highest BCUT2D eigenvalue weighted by Crippen LogP contribution is 2.30. The minimum atomic E-state index is -0.380. The Morgan fingerprint density at radius 2 is 1.26 bits per heavy atom. The van der Waals surface area contributed by atoms with Crippen molar-refractivity contribution in [3.05, 3.63) is 0 Å². The van der Waals surface area contributed by atoms with E-state index < -0.39 is 0 Å². The molecular weight excluding hydrogens is 340 g/mol. The fourth-order valence-electron chi connectivity index (χ4n) is 3.12. The van der Waals surface area contributed by atoms with Crippen LogP contribution in [0.25, 0.3) is 0 Å². The summed E-state index contributed by atoms with van der Waals surface area (Å²) in [6.07, 6.45) is 10.0. The zero-order valence-electron chi connectivity index (χ0n) is 17.9. The van der Waals surface area contributed by atoms with Gasteiger partial charge in [-0.05, 0) is 62.2 Å². The van der Waals surface area contributed by atoms with Crippen molar-refractivity contribution in [2.24, 2.45) is 10.8 Å². The number of hydrogen-bond acceptors (Lipinski definition) is 6. The van der Waals surface area contributed by atoms with Gasteiger partial charge >= 0.3 is 0 Å². The SMILES string of the molecule is CCC(C)(C)CCC(O)CCCC(O)CCC(C)(C)CC(NC#N)NC#N. The molecule has 0 aromatic heterocycles. The van der Waals surface area contributed by atoms with E-state index in [2.05, 4.69) is 45.3 Å². The predicted octanol–water partition coefficient (Wildman–Crippen LogP) is 3.76. The first-order valence-corrected chi connectivity index (χ1v) is 10.2. The van der Waals surface area contributed by atoms with Gasteiger partial charge in [-0.1, -0.05) is 41.0 Å². The van der Waals surface area contributed by atoms with Crippen LogP contribution in [0.15, 0.2) is 0 Å². The van der Waals surface area contributed by atoms with Crippen LogP contribution in [-0.4, -0.2) is 28.6 Å². The predicted molar refractivity (Wildman–Crippen MR) is 108 cm³/mol. The molecule has 6 heteroatoms. The summed E-state index contributed by atoms with van der Waals surface area (Å²) in [6.45, 7) is 10.8. The Kier molecular flexibility index (Phi) is 12.1. The van der Waals surface area contributed by atoms with Crippen LogP contribution in [0.5, 0.6) is 0 Å². The second-order valence-corrected chi connectivity index (χ2v) is 9.27. The van der Waals surface area contributed by atoms with Gasteiger partial charge < -0.3 is 20.8 Å². The van der Waals surface area contributed by atoms with Crippen LogP contribution in [0.1, 0.15) is 92.4 Å². The van der Waals surface area contributed by atoms with Crippen LogP contribution >= 0.6 is 0 Å². The molecule has 6 nitrogen and oxygen atoms in total. The fraction of sp³-hybridized carbons (Fsp3) is 0.905. The maximum atomic E-state index is 10.2. The lowest BCUT2D eigenvalue weighted by molar-refractivity contribution is 0.104. The topological polar surface area (TPSA) is 112 Å². The Labute approximate surface area is 166 Å². The van der Waals surface area contributed by atoms with Gasteiger partial charge in [0.2, 0.25) is 0 Å². The minimum absolute atomic E-state index is 0.107. The fourth-order valence-corrected chi connectivity index (χ4v) is 3.12. The third-order valence-corrected chi connectivity index (χ3v) is 5.57. The maximum absolute atomic E-state index is 10.2. The van der Waals surface area contributed by atoms with E-state index in [-0.39, 0.29) is 29.2 Å². The molecule has 0 bridgehead atoms. The first-order valence-electron chi connectivity index (χ1n) is 10.2. The van der Waals surface area contributed by atoms with E-state index in [0.29, 0.717) is 19.3 Å². The standard InChI is InChI=1S/C21H40N4O2/c1-6-20(2,3)12-10-17(26)8-7-9-18(27)11-13-21(4,5)14-19(24-15-22)25-16-23/h17-19,24-27H,6-14H2,1-5H3. The average Bonchev–Trinajstić information content (AvgIpc) is 2.58. The number of aliphatic hydroxyl groups is 2. The Morgan fingerprint density at radius 3 is 1.67 bits per heavy atom. The van der Waals surface area contributed by atoms with Gasteiger partial charge in [-0.25, -0.2) is 0 Å². The summed E-state index contributed by atoms with van der Waals surface area (Å²) in [5, 5.41) is 43.0. The van der Waals surface area contributed by atoms with E-state index in [1.165, 1.54) is 0 Å². The van der Waals surface area contributed by atoms with E-state index in [4.69, 9.17) is 10.5 Å². The number of nitrogens with one attached hydrogen (secondary N) is 2. The molecule has 0 fully saturated rings. The summed E-state index contributed by atoms with van der Waals surface area (Å²) in [4.78, 5) is 0. The molecular formula is C21H40N4O2. The first kappa shape index (κ1) is 25.5. The van der Waals surface area contributed by atoms with Crippen molar-refractivity contribution in [3.63, 3.8) is 0 Å². The monoisotopic (exact) mass is 380 g/mol. The van der Waals surface area contributed by atoms with Gasteiger partial charge in [-0.3, -0.25) is 0 Å². The highest BCUT2D eigenvalue weighted by atomic mass is 16.3. The van der Waals surface area contributed by atoms with Crippen LogP contribution in [0, 0.1) is 33.7 Å². The van der Waals surface area contributed by atoms with Crippen molar-refractivity contribution < 1.29 is 10.2 Å². The van der Waals surface area contributed by atoms with Crippen LogP contribution < -0.4 is 10.6 Å². The Bertz CT molecular complexity index is 464. The molecule has 0 heterocycles. The third-order valence-electron chi connectivity index (χ3n) is 5.57. The van der Waals surface area contributed by atoms with Gasteiger partial charge in [0.05, 0.1) is 12.2 Å². The van der Waals surface area contributed by atoms with E-state index in [0.717, 1.165) is 38.5 Å². The average molecular weight is 381 g/mol. The molecule has 4 N–H and O–H groups in total. The molecule has 0 aromatic carbocycles. The molecule has 27 heavy (non-hydrogen) atoms. The number of rotatable bonds is 15. The maximum Gasteiger partial charge on any atom is 0.178 e. The molecule has 2 unspecified atom stereocenters. The molecule has 2 atom stereocenters. The van der Waals surface area contributed by atoms with E-state index in [9.17, 15) is 10.2 Å². The summed E-state index contributed by atoms with van der Waals surface area (Å²) in [7, 11) is 0. The molecule has 0 aliphatic heterocycles. The van der Waals surface area contributed by atoms with Crippen LogP contribution in [-0.2, 0) is 0 Å². The van der Waals surface area contributed by atoms with Crippen molar-refractivity contribution >= 4 is 0 Å². The molecule has 0 amide bonds. The van der Waals surface area contributed by atoms with Gasteiger partial charge in [0.1, 0.15) is 6.17 Å². The van der Waals surface area contributed by atoms with Crippen LogP contribution in [0.4, 0.5) is 0 Å². The largest absolute Gasteiger partial charge is 0.393 e. The molecule has 0 radical (unpaired) electrons. The molecule has 0 aliphatic rings. The van der Waals surface area contributed by atoms with E-state index in [1.54, 1.807) is 0 Å². The number of hydrogen-bond donors (Lipinski definition) is 4. The lowest BCUT2D eigenvalue weighted by Gasteiger charge is -2.29. The Hall–Kier alpha value is -1.50. The molecule has 156 valence electrons. The second-order valence-electron chi connectivity index (χ2n) is 9.27. The van der Waals surface area contributed by atoms with Crippen molar-refractivity contribution in [2.45, 2.75) is 111 Å². The summed E-state index contributed by atoms with van der Waals surface area (Å²) >= 11 is 0. The van der Waals surface area contributed by atoms with Crippen molar-refractivity contribution in [1.29, 1.82) is 10.5 Å². The van der Waals surface area contributed by atoms with Crippen molar-refractivity contribution in [2.75, 3.05) is 0 Å². The lowest BCUT2D eigenvalue weighted by atomic mass is 9.81. The highest BCUT2D eigenvalue weighted by Gasteiger charge is 2.24. The zero-order valence-corrected chi connectivity index (χ0v) is 17.9. The molecule has 0 aromatic rings. The van der Waals surface area contributed by atoms with E-state index >= 15 is 0 Å². The van der Waals surface area contributed by atoms with E-state index in [1.807, 2.05) is 12.4 Å².